The van der Waals surface area contributed by atoms with Crippen LogP contribution in [0.25, 0.3) is 10.9 Å². The molecule has 4 rings (SSSR count). The van der Waals surface area contributed by atoms with Crippen LogP contribution in [0.1, 0.15) is 27.2 Å². The maximum absolute atomic E-state index is 13.4. The van der Waals surface area contributed by atoms with E-state index in [1.54, 1.807) is 6.20 Å². The number of alkyl halides is 3. The Morgan fingerprint density at radius 3 is 2.83 bits per heavy atom. The summed E-state index contributed by atoms with van der Waals surface area (Å²) in [6.45, 7) is 0.271. The molecule has 0 saturated carbocycles. The van der Waals surface area contributed by atoms with E-state index in [2.05, 4.69) is 20.5 Å². The predicted octanol–water partition coefficient (Wildman–Crippen LogP) is 3.90. The van der Waals surface area contributed by atoms with E-state index in [0.717, 1.165) is 28.6 Å². The van der Waals surface area contributed by atoms with Gasteiger partial charge < -0.3 is 9.88 Å². The number of aromatic nitrogens is 4. The first kappa shape index (κ1) is 19.6. The Bertz CT molecular complexity index is 1210. The van der Waals surface area contributed by atoms with Gasteiger partial charge >= 0.3 is 6.18 Å². The van der Waals surface area contributed by atoms with Gasteiger partial charge in [0.05, 0.1) is 23.6 Å². The quantitative estimate of drug-likeness (QED) is 0.484. The third-order valence-electron chi connectivity index (χ3n) is 4.58. The van der Waals surface area contributed by atoms with Crippen molar-refractivity contribution in [2.75, 3.05) is 0 Å². The van der Waals surface area contributed by atoms with Gasteiger partial charge in [-0.3, -0.25) is 9.89 Å². The van der Waals surface area contributed by atoms with Crippen molar-refractivity contribution in [1.29, 1.82) is 0 Å². The Hall–Kier alpha value is -3.69. The number of carbonyl (C=O) groups is 1. The molecule has 0 spiro atoms. The zero-order valence-corrected chi connectivity index (χ0v) is 15.4. The lowest BCUT2D eigenvalue weighted by molar-refractivity contribution is -0.140. The van der Waals surface area contributed by atoms with Gasteiger partial charge in [-0.15, -0.1) is 0 Å². The minimum Gasteiger partial charge on any atom is -0.347 e. The number of nitrogens with one attached hydrogen (secondary N) is 2. The number of carbonyl (C=O) groups excluding carboxylic acids is 1. The largest absolute Gasteiger partial charge is 0.419 e. The van der Waals surface area contributed by atoms with Crippen LogP contribution in [0.3, 0.4) is 0 Å². The molecule has 0 fully saturated rings. The molecule has 30 heavy (non-hydrogen) atoms. The van der Waals surface area contributed by atoms with Gasteiger partial charge in [0.15, 0.2) is 0 Å². The van der Waals surface area contributed by atoms with Crippen molar-refractivity contribution in [1.82, 2.24) is 25.1 Å². The number of hydrogen-bond acceptors (Lipinski definition) is 3. The highest BCUT2D eigenvalue weighted by Gasteiger charge is 2.34. The van der Waals surface area contributed by atoms with Crippen LogP contribution in [0.2, 0.25) is 0 Å². The van der Waals surface area contributed by atoms with Crippen molar-refractivity contribution in [3.63, 3.8) is 0 Å². The van der Waals surface area contributed by atoms with Gasteiger partial charge in [0, 0.05) is 24.7 Å². The highest BCUT2D eigenvalue weighted by atomic mass is 19.4. The summed E-state index contributed by atoms with van der Waals surface area (Å²) in [6, 6.07) is 8.36. The summed E-state index contributed by atoms with van der Waals surface area (Å²) in [7, 11) is 0. The van der Waals surface area contributed by atoms with Crippen molar-refractivity contribution in [2.45, 2.75) is 19.3 Å². The fourth-order valence-electron chi connectivity index (χ4n) is 3.11. The van der Waals surface area contributed by atoms with Crippen molar-refractivity contribution < 1.29 is 22.4 Å². The topological polar surface area (TPSA) is 75.6 Å². The Labute approximate surface area is 167 Å². The molecule has 154 valence electrons. The van der Waals surface area contributed by atoms with E-state index < -0.39 is 23.5 Å². The van der Waals surface area contributed by atoms with E-state index in [4.69, 9.17) is 0 Å². The SMILES string of the molecule is O=C(NCc1cccc2[nH]ncc12)c1cn(Cc2ccc(F)c(C(F)(F)F)c2)cn1. The lowest BCUT2D eigenvalue weighted by Gasteiger charge is -2.10. The second kappa shape index (κ2) is 7.62. The van der Waals surface area contributed by atoms with Crippen LogP contribution in [-0.2, 0) is 19.3 Å². The summed E-state index contributed by atoms with van der Waals surface area (Å²) in [6.07, 6.45) is -0.353. The molecule has 4 aromatic rings. The molecular formula is C20H15F4N5O. The molecule has 1 amide bonds. The zero-order chi connectivity index (χ0) is 21.3. The van der Waals surface area contributed by atoms with E-state index in [1.807, 2.05) is 18.2 Å². The number of amides is 1. The van der Waals surface area contributed by atoms with Crippen LogP contribution in [0, 0.1) is 5.82 Å². The number of benzene rings is 2. The summed E-state index contributed by atoms with van der Waals surface area (Å²) in [4.78, 5) is 16.4. The molecule has 6 nitrogen and oxygen atoms in total. The van der Waals surface area contributed by atoms with Crippen LogP contribution in [0.15, 0.2) is 55.1 Å². The van der Waals surface area contributed by atoms with Gasteiger partial charge in [-0.25, -0.2) is 9.37 Å². The van der Waals surface area contributed by atoms with Crippen molar-refractivity contribution in [2.24, 2.45) is 0 Å². The summed E-state index contributed by atoms with van der Waals surface area (Å²) < 4.78 is 53.5. The third-order valence-corrected chi connectivity index (χ3v) is 4.58. The first-order valence-corrected chi connectivity index (χ1v) is 8.88. The van der Waals surface area contributed by atoms with E-state index in [9.17, 15) is 22.4 Å². The second-order valence-corrected chi connectivity index (χ2v) is 6.67. The predicted molar refractivity (Wildman–Crippen MR) is 100.0 cm³/mol. The fourth-order valence-corrected chi connectivity index (χ4v) is 3.11. The third kappa shape index (κ3) is 4.02. The van der Waals surface area contributed by atoms with E-state index in [0.29, 0.717) is 0 Å². The molecule has 2 aromatic carbocycles. The molecular weight excluding hydrogens is 402 g/mol. The molecule has 0 aliphatic heterocycles. The maximum atomic E-state index is 13.4. The first-order chi connectivity index (χ1) is 14.3. The molecule has 0 atom stereocenters. The van der Waals surface area contributed by atoms with Crippen molar-refractivity contribution in [3.8, 4) is 0 Å². The van der Waals surface area contributed by atoms with E-state index >= 15 is 0 Å². The molecule has 0 unspecified atom stereocenters. The Kier molecular flexibility index (Phi) is 4.98. The minimum atomic E-state index is -4.78. The van der Waals surface area contributed by atoms with Crippen LogP contribution < -0.4 is 5.32 Å². The molecule has 10 heteroatoms. The zero-order valence-electron chi connectivity index (χ0n) is 15.4. The number of aromatic amines is 1. The van der Waals surface area contributed by atoms with Gasteiger partial charge in [-0.2, -0.15) is 18.3 Å². The average Bonchev–Trinajstić information content (AvgIpc) is 3.36. The number of hydrogen-bond donors (Lipinski definition) is 2. The van der Waals surface area contributed by atoms with Gasteiger partial charge in [-0.05, 0) is 29.3 Å². The van der Waals surface area contributed by atoms with Crippen molar-refractivity contribution in [3.05, 3.63) is 83.3 Å². The van der Waals surface area contributed by atoms with Gasteiger partial charge in [0.1, 0.15) is 11.5 Å². The average molecular weight is 417 g/mol. The normalized spacial score (nSPS) is 11.7. The number of nitrogens with zero attached hydrogens (tertiary/aromatic N) is 3. The molecule has 2 heterocycles. The Morgan fingerprint density at radius 2 is 2.03 bits per heavy atom. The first-order valence-electron chi connectivity index (χ1n) is 8.88. The Balaban J connectivity index is 1.44. The Morgan fingerprint density at radius 1 is 1.20 bits per heavy atom. The number of halogens is 4. The maximum Gasteiger partial charge on any atom is 0.419 e. The minimum absolute atomic E-state index is 0.0119. The molecule has 0 radical (unpaired) electrons. The number of rotatable bonds is 5. The molecule has 2 aromatic heterocycles. The lowest BCUT2D eigenvalue weighted by Crippen LogP contribution is -2.23. The van der Waals surface area contributed by atoms with Gasteiger partial charge in [0.25, 0.3) is 5.91 Å². The smallest absolute Gasteiger partial charge is 0.347 e. The van der Waals surface area contributed by atoms with E-state index in [-0.39, 0.29) is 24.3 Å². The van der Waals surface area contributed by atoms with Gasteiger partial charge in [-0.1, -0.05) is 18.2 Å². The fraction of sp³-hybridized carbons (Fsp3) is 0.150. The monoisotopic (exact) mass is 417 g/mol. The molecule has 2 N–H and O–H groups in total. The molecule has 0 aliphatic rings. The summed E-state index contributed by atoms with van der Waals surface area (Å²) in [5.74, 6) is -1.76. The highest BCUT2D eigenvalue weighted by Crippen LogP contribution is 2.32. The number of imidazole rings is 1. The van der Waals surface area contributed by atoms with Crippen LogP contribution >= 0.6 is 0 Å². The van der Waals surface area contributed by atoms with Crippen molar-refractivity contribution >= 4 is 16.8 Å². The summed E-state index contributed by atoms with van der Waals surface area (Å²) in [5, 5.41) is 10.5. The second-order valence-electron chi connectivity index (χ2n) is 6.67. The lowest BCUT2D eigenvalue weighted by atomic mass is 10.1. The highest BCUT2D eigenvalue weighted by molar-refractivity contribution is 5.92. The molecule has 0 saturated heterocycles. The molecule has 0 bridgehead atoms. The number of fused-ring (bicyclic) bond motifs is 1. The summed E-state index contributed by atoms with van der Waals surface area (Å²) in [5.41, 5.74) is 0.752. The van der Waals surface area contributed by atoms with Crippen LogP contribution in [0.5, 0.6) is 0 Å². The van der Waals surface area contributed by atoms with Gasteiger partial charge in [0.2, 0.25) is 0 Å². The van der Waals surface area contributed by atoms with E-state index in [1.165, 1.54) is 23.2 Å². The standard InChI is InChI=1S/C20H15F4N5O/c21-16-5-4-12(6-15(16)20(22,23)24)9-29-10-18(26-11-29)19(30)25-7-13-2-1-3-17-14(13)8-27-28-17/h1-6,8,10-11H,7,9H2,(H,25,30)(H,27,28). The van der Waals surface area contributed by atoms with Crippen LogP contribution in [-0.4, -0.2) is 25.7 Å². The van der Waals surface area contributed by atoms with Crippen LogP contribution in [0.4, 0.5) is 17.6 Å². The summed E-state index contributed by atoms with van der Waals surface area (Å²) >= 11 is 0. The number of H-pyrrole nitrogens is 1. The molecule has 0 aliphatic carbocycles.